The lowest BCUT2D eigenvalue weighted by Crippen LogP contribution is -2.12. The highest BCUT2D eigenvalue weighted by atomic mass is 35.5. The number of methoxy groups -OCH3 is 1. The van der Waals surface area contributed by atoms with Crippen molar-refractivity contribution in [3.05, 3.63) is 74.4 Å². The minimum Gasteiger partial charge on any atom is -0.494 e. The van der Waals surface area contributed by atoms with Crippen molar-refractivity contribution in [2.45, 2.75) is 13.8 Å². The summed E-state index contributed by atoms with van der Waals surface area (Å²) in [5.41, 5.74) is 3.46. The normalized spacial score (nSPS) is 11.6. The smallest absolute Gasteiger partial charge is 0.259 e. The molecule has 0 aliphatic rings. The third-order valence-corrected chi connectivity index (χ3v) is 5.13. The van der Waals surface area contributed by atoms with Gasteiger partial charge in [-0.15, -0.1) is 0 Å². The van der Waals surface area contributed by atoms with E-state index < -0.39 is 0 Å². The molecule has 0 aliphatic heterocycles. The van der Waals surface area contributed by atoms with E-state index >= 15 is 0 Å². The molecule has 30 heavy (non-hydrogen) atoms. The summed E-state index contributed by atoms with van der Waals surface area (Å²) in [6, 6.07) is 13.2. The van der Waals surface area contributed by atoms with E-state index in [1.54, 1.807) is 25.3 Å². The van der Waals surface area contributed by atoms with Crippen LogP contribution < -0.4 is 10.3 Å². The maximum absolute atomic E-state index is 12.6. The third-order valence-electron chi connectivity index (χ3n) is 4.83. The van der Waals surface area contributed by atoms with E-state index in [1.165, 1.54) is 0 Å². The number of ether oxygens (including phenoxy) is 1. The van der Waals surface area contributed by atoms with Crippen LogP contribution in [0.2, 0.25) is 5.15 Å². The second kappa shape index (κ2) is 7.62. The summed E-state index contributed by atoms with van der Waals surface area (Å²) in [6.45, 7) is 3.81. The molecule has 7 heteroatoms. The molecule has 4 rings (SSSR count). The lowest BCUT2D eigenvalue weighted by molar-refractivity contribution is 0.419. The van der Waals surface area contributed by atoms with Crippen LogP contribution in [0.3, 0.4) is 0 Å². The van der Waals surface area contributed by atoms with Gasteiger partial charge in [0, 0.05) is 10.9 Å². The second-order valence-electron chi connectivity index (χ2n) is 6.96. The number of H-pyrrole nitrogens is 1. The van der Waals surface area contributed by atoms with E-state index in [0.717, 1.165) is 16.5 Å². The van der Waals surface area contributed by atoms with Crippen molar-refractivity contribution in [2.24, 2.45) is 0 Å². The minimum atomic E-state index is -0.296. The van der Waals surface area contributed by atoms with E-state index in [1.807, 2.05) is 38.1 Å². The Morgan fingerprint density at radius 3 is 2.73 bits per heavy atom. The lowest BCUT2D eigenvalue weighted by atomic mass is 10.1. The molecule has 2 aromatic carbocycles. The van der Waals surface area contributed by atoms with Crippen LogP contribution in [0.15, 0.2) is 41.2 Å². The van der Waals surface area contributed by atoms with Gasteiger partial charge in [0.05, 0.1) is 23.6 Å². The summed E-state index contributed by atoms with van der Waals surface area (Å²) < 4.78 is 5.33. The number of para-hydroxylation sites is 1. The molecule has 6 nitrogen and oxygen atoms in total. The van der Waals surface area contributed by atoms with Gasteiger partial charge in [-0.05, 0) is 49.2 Å². The highest BCUT2D eigenvalue weighted by Crippen LogP contribution is 2.29. The molecule has 0 amide bonds. The van der Waals surface area contributed by atoms with Crippen LogP contribution >= 0.6 is 11.6 Å². The zero-order valence-electron chi connectivity index (χ0n) is 16.6. The molecule has 0 radical (unpaired) electrons. The Morgan fingerprint density at radius 2 is 2.00 bits per heavy atom. The van der Waals surface area contributed by atoms with Gasteiger partial charge >= 0.3 is 0 Å². The van der Waals surface area contributed by atoms with Gasteiger partial charge in [-0.25, -0.2) is 9.97 Å². The summed E-state index contributed by atoms with van der Waals surface area (Å²) in [4.78, 5) is 24.3. The van der Waals surface area contributed by atoms with Crippen molar-refractivity contribution in [2.75, 3.05) is 7.11 Å². The van der Waals surface area contributed by atoms with Crippen LogP contribution in [0, 0.1) is 25.2 Å². The number of fused-ring (bicyclic) bond motifs is 2. The van der Waals surface area contributed by atoms with Crippen molar-refractivity contribution in [3.8, 4) is 11.8 Å². The summed E-state index contributed by atoms with van der Waals surface area (Å²) in [6.07, 6.45) is 1.57. The van der Waals surface area contributed by atoms with Crippen LogP contribution in [0.5, 0.6) is 5.75 Å². The molecule has 0 fully saturated rings. The van der Waals surface area contributed by atoms with E-state index in [-0.39, 0.29) is 22.1 Å². The minimum absolute atomic E-state index is 0.180. The maximum Gasteiger partial charge on any atom is 0.259 e. The first-order chi connectivity index (χ1) is 14.4. The number of pyridine rings is 1. The van der Waals surface area contributed by atoms with Gasteiger partial charge in [0.2, 0.25) is 0 Å². The van der Waals surface area contributed by atoms with E-state index in [2.05, 4.69) is 21.0 Å². The molecule has 2 aromatic heterocycles. The largest absolute Gasteiger partial charge is 0.494 e. The van der Waals surface area contributed by atoms with Crippen molar-refractivity contribution in [3.63, 3.8) is 0 Å². The number of hydrogen-bond donors (Lipinski definition) is 1. The number of rotatable bonds is 3. The summed E-state index contributed by atoms with van der Waals surface area (Å²) >= 11 is 6.38. The standard InChI is InChI=1S/C23H17ClN4O2/c1-12-7-13(2)19-17(8-12)23(29)28-22(27-19)16(11-25)10-15-9-14-5-4-6-18(30-3)20(14)26-21(15)24/h4-10H,1-3H3,(H,27,28,29). The van der Waals surface area contributed by atoms with Crippen LogP contribution in [0.25, 0.3) is 33.5 Å². The quantitative estimate of drug-likeness (QED) is 0.382. The average Bonchev–Trinajstić information content (AvgIpc) is 2.72. The van der Waals surface area contributed by atoms with E-state index in [0.29, 0.717) is 27.7 Å². The molecule has 0 saturated carbocycles. The monoisotopic (exact) mass is 416 g/mol. The molecule has 0 spiro atoms. The number of aryl methyl sites for hydroxylation is 2. The van der Waals surface area contributed by atoms with Crippen molar-refractivity contribution < 1.29 is 4.74 Å². The molecule has 0 aliphatic carbocycles. The SMILES string of the molecule is COc1cccc2cc(C=C(C#N)c3nc4c(C)cc(C)cc4c(=O)[nH]3)c(Cl)nc12. The molecule has 1 N–H and O–H groups in total. The fraction of sp³-hybridized carbons (Fsp3) is 0.130. The molecule has 148 valence electrons. The Balaban J connectivity index is 1.90. The zero-order valence-corrected chi connectivity index (χ0v) is 17.3. The number of allylic oxidation sites excluding steroid dienone is 1. The molecule has 2 heterocycles. The van der Waals surface area contributed by atoms with Gasteiger partial charge in [-0.2, -0.15) is 5.26 Å². The lowest BCUT2D eigenvalue weighted by Gasteiger charge is -2.08. The highest BCUT2D eigenvalue weighted by molar-refractivity contribution is 6.31. The molecule has 4 aromatic rings. The second-order valence-corrected chi connectivity index (χ2v) is 7.32. The Hall–Kier alpha value is -3.69. The first-order valence-electron chi connectivity index (χ1n) is 9.18. The van der Waals surface area contributed by atoms with Crippen molar-refractivity contribution >= 4 is 45.1 Å². The van der Waals surface area contributed by atoms with E-state index in [4.69, 9.17) is 16.3 Å². The third kappa shape index (κ3) is 3.40. The molecule has 0 saturated heterocycles. The zero-order chi connectivity index (χ0) is 21.4. The highest BCUT2D eigenvalue weighted by Gasteiger charge is 2.13. The number of benzene rings is 2. The predicted octanol–water partition coefficient (Wildman–Crippen LogP) is 4.81. The van der Waals surface area contributed by atoms with Gasteiger partial charge in [-0.1, -0.05) is 29.8 Å². The summed E-state index contributed by atoms with van der Waals surface area (Å²) in [7, 11) is 1.57. The maximum atomic E-state index is 12.6. The number of nitriles is 1. The Bertz CT molecular complexity index is 1450. The Kier molecular flexibility index (Phi) is 4.98. The van der Waals surface area contributed by atoms with Crippen molar-refractivity contribution in [1.82, 2.24) is 15.0 Å². The number of aromatic nitrogens is 3. The van der Waals surface area contributed by atoms with Crippen LogP contribution in [0.1, 0.15) is 22.5 Å². The number of aromatic amines is 1. The topological polar surface area (TPSA) is 91.7 Å². The molecule has 0 bridgehead atoms. The van der Waals surface area contributed by atoms with Gasteiger partial charge in [-0.3, -0.25) is 4.79 Å². The Labute approximate surface area is 177 Å². The number of nitrogens with zero attached hydrogens (tertiary/aromatic N) is 3. The fourth-order valence-electron chi connectivity index (χ4n) is 3.46. The summed E-state index contributed by atoms with van der Waals surface area (Å²) in [5, 5.41) is 11.3. The first kappa shape index (κ1) is 19.6. The van der Waals surface area contributed by atoms with Gasteiger partial charge in [0.25, 0.3) is 5.56 Å². The van der Waals surface area contributed by atoms with E-state index in [9.17, 15) is 10.1 Å². The van der Waals surface area contributed by atoms with Crippen LogP contribution in [-0.4, -0.2) is 22.1 Å². The molecule has 0 unspecified atom stereocenters. The number of nitrogens with one attached hydrogen (secondary N) is 1. The van der Waals surface area contributed by atoms with Crippen LogP contribution in [0.4, 0.5) is 0 Å². The predicted molar refractivity (Wildman–Crippen MR) is 119 cm³/mol. The first-order valence-corrected chi connectivity index (χ1v) is 9.55. The average molecular weight is 417 g/mol. The molecule has 0 atom stereocenters. The van der Waals surface area contributed by atoms with Crippen molar-refractivity contribution in [1.29, 1.82) is 5.26 Å². The van der Waals surface area contributed by atoms with Gasteiger partial charge in [0.15, 0.2) is 5.82 Å². The van der Waals surface area contributed by atoms with Gasteiger partial charge in [0.1, 0.15) is 22.5 Å². The van der Waals surface area contributed by atoms with Crippen LogP contribution in [-0.2, 0) is 0 Å². The summed E-state index contributed by atoms with van der Waals surface area (Å²) in [5.74, 6) is 0.792. The van der Waals surface area contributed by atoms with Gasteiger partial charge < -0.3 is 9.72 Å². The number of halogens is 1. The molecular formula is C23H17ClN4O2. The molecular weight excluding hydrogens is 400 g/mol. The number of hydrogen-bond acceptors (Lipinski definition) is 5. The fourth-order valence-corrected chi connectivity index (χ4v) is 3.66. The Morgan fingerprint density at radius 1 is 1.20 bits per heavy atom.